The number of benzene rings is 22. The fourth-order valence-corrected chi connectivity index (χ4v) is 23.2. The quantitative estimate of drug-likeness (QED) is 0.108. The van der Waals surface area contributed by atoms with Gasteiger partial charge in [0.2, 0.25) is 0 Å². The molecule has 9 nitrogen and oxygen atoms in total. The van der Waals surface area contributed by atoms with Gasteiger partial charge in [-0.05, 0) is 273 Å². The minimum Gasteiger partial charge on any atom is -0.311 e. The van der Waals surface area contributed by atoms with E-state index in [-0.39, 0.29) is 5.41 Å². The molecule has 0 aliphatic heterocycles. The van der Waals surface area contributed by atoms with E-state index in [1.54, 1.807) is 0 Å². The van der Waals surface area contributed by atoms with Gasteiger partial charge < -0.3 is 14.4 Å². The molecule has 0 amide bonds. The molecule has 0 bridgehead atoms. The van der Waals surface area contributed by atoms with Gasteiger partial charge in [0.15, 0.2) is 0 Å². The fourth-order valence-electron chi connectivity index (χ4n) is 23.2. The Hall–Kier alpha value is -19.4. The highest BCUT2D eigenvalue weighted by Crippen LogP contribution is 2.52. The maximum Gasteiger partial charge on any atom is 0.137 e. The van der Waals surface area contributed by atoms with Gasteiger partial charge in [0, 0.05) is 107 Å². The molecule has 1 aliphatic carbocycles. The Labute approximate surface area is 849 Å². The molecule has 0 fully saturated rings. The molecule has 690 valence electrons. The maximum absolute atomic E-state index is 5.04. The van der Waals surface area contributed by atoms with E-state index >= 15 is 0 Å². The Morgan fingerprint density at radius 3 is 0.816 bits per heavy atom. The molecule has 0 saturated heterocycles. The second-order valence-corrected chi connectivity index (χ2v) is 39.0. The van der Waals surface area contributed by atoms with E-state index in [1.165, 1.54) is 181 Å². The zero-order valence-corrected chi connectivity index (χ0v) is 80.8. The molecule has 9 heteroatoms. The van der Waals surface area contributed by atoms with Crippen LogP contribution >= 0.6 is 0 Å². The van der Waals surface area contributed by atoms with Crippen molar-refractivity contribution in [1.82, 2.24) is 32.7 Å². The van der Waals surface area contributed by atoms with Crippen molar-refractivity contribution in [3.05, 3.63) is 539 Å². The summed E-state index contributed by atoms with van der Waals surface area (Å²) < 4.78 is 9.00. The van der Waals surface area contributed by atoms with Crippen LogP contribution in [0.2, 0.25) is 0 Å². The second kappa shape index (κ2) is 35.1. The SMILES string of the molecule is CC1(C)c2ccccc2-c2ccc(N(c3ccccc3)c3ccc(-c4ccc(-c5ccc6c(c5)c5ccccc5c5nc7ccccn7c65)cc4)cc3)cc21.c1ccc(N(c2ccccc2)c2ccc(-c3ccc(-c4ccc5c(c4)c4ccccc4c4nc6ccccn6c54)cc3)cc2)cc1.c1ccc2c(c1)c1cc(-c3ccc(-c4ccc(-n5c6ccccc6c6ccccc65)cc4)cc3)ccc1c1c2nc2ccccn21. The van der Waals surface area contributed by atoms with E-state index in [0.29, 0.717) is 0 Å². The van der Waals surface area contributed by atoms with Crippen molar-refractivity contribution in [3.8, 4) is 83.6 Å². The highest BCUT2D eigenvalue weighted by Gasteiger charge is 2.36. The number of aromatic nitrogens is 7. The summed E-state index contributed by atoms with van der Waals surface area (Å²) in [7, 11) is 0. The number of pyridine rings is 3. The van der Waals surface area contributed by atoms with E-state index in [4.69, 9.17) is 15.0 Å². The molecule has 0 unspecified atom stereocenters. The largest absolute Gasteiger partial charge is 0.311 e. The minimum absolute atomic E-state index is 0.0670. The fraction of sp³-hybridized carbons (Fsp3) is 0.0217. The highest BCUT2D eigenvalue weighted by atomic mass is 15.1. The molecular weight excluding hydrogens is 1780 g/mol. The summed E-state index contributed by atoms with van der Waals surface area (Å²) in [6, 6.07) is 184. The molecule has 7 heterocycles. The number of hydrogen-bond donors (Lipinski definition) is 0. The summed E-state index contributed by atoms with van der Waals surface area (Å²) in [5, 5.41) is 17.2. The van der Waals surface area contributed by atoms with Crippen molar-refractivity contribution in [1.29, 1.82) is 0 Å². The number of nitrogens with zero attached hydrogens (tertiary/aromatic N) is 9. The van der Waals surface area contributed by atoms with Crippen LogP contribution in [0.5, 0.6) is 0 Å². The van der Waals surface area contributed by atoms with E-state index in [2.05, 4.69) is 557 Å². The summed E-state index contributed by atoms with van der Waals surface area (Å²) in [4.78, 5) is 19.7. The van der Waals surface area contributed by atoms with Crippen molar-refractivity contribution < 1.29 is 0 Å². The van der Waals surface area contributed by atoms with Crippen LogP contribution in [0.25, 0.3) is 220 Å². The predicted molar refractivity (Wildman–Crippen MR) is 617 cm³/mol. The van der Waals surface area contributed by atoms with Crippen LogP contribution in [0.3, 0.4) is 0 Å². The topological polar surface area (TPSA) is 63.3 Å². The van der Waals surface area contributed by atoms with Crippen molar-refractivity contribution >= 4 is 171 Å². The van der Waals surface area contributed by atoms with Crippen molar-refractivity contribution in [2.75, 3.05) is 9.80 Å². The van der Waals surface area contributed by atoms with Gasteiger partial charge in [-0.15, -0.1) is 0 Å². The molecule has 29 aromatic rings. The van der Waals surface area contributed by atoms with Crippen LogP contribution in [-0.2, 0) is 5.41 Å². The highest BCUT2D eigenvalue weighted by molar-refractivity contribution is 6.27. The van der Waals surface area contributed by atoms with Gasteiger partial charge >= 0.3 is 0 Å². The van der Waals surface area contributed by atoms with Crippen LogP contribution < -0.4 is 9.80 Å². The van der Waals surface area contributed by atoms with Crippen molar-refractivity contribution in [2.45, 2.75) is 19.3 Å². The molecular formula is C138H93N9. The monoisotopic (exact) mass is 1880 g/mol. The molecule has 30 rings (SSSR count). The van der Waals surface area contributed by atoms with Crippen LogP contribution in [0.15, 0.2) is 528 Å². The molecule has 0 spiro atoms. The van der Waals surface area contributed by atoms with Crippen molar-refractivity contribution in [3.63, 3.8) is 0 Å². The van der Waals surface area contributed by atoms with Gasteiger partial charge in [0.05, 0.1) is 44.1 Å². The third-order valence-corrected chi connectivity index (χ3v) is 30.3. The first-order valence-corrected chi connectivity index (χ1v) is 50.4. The van der Waals surface area contributed by atoms with Crippen LogP contribution in [0.4, 0.5) is 34.1 Å². The molecule has 0 atom stereocenters. The summed E-state index contributed by atoms with van der Waals surface area (Å²) >= 11 is 0. The summed E-state index contributed by atoms with van der Waals surface area (Å²) in [5.74, 6) is 0. The molecule has 0 saturated carbocycles. The Kier molecular flexibility index (Phi) is 20.4. The lowest BCUT2D eigenvalue weighted by Crippen LogP contribution is -2.16. The second-order valence-electron chi connectivity index (χ2n) is 39.0. The third-order valence-electron chi connectivity index (χ3n) is 30.3. The molecule has 22 aromatic carbocycles. The molecule has 0 N–H and O–H groups in total. The van der Waals surface area contributed by atoms with Gasteiger partial charge in [0.1, 0.15) is 16.9 Å². The smallest absolute Gasteiger partial charge is 0.137 e. The zero-order chi connectivity index (χ0) is 97.3. The van der Waals surface area contributed by atoms with E-state index in [9.17, 15) is 0 Å². The molecule has 7 aromatic heterocycles. The van der Waals surface area contributed by atoms with Gasteiger partial charge in [-0.3, -0.25) is 13.2 Å². The van der Waals surface area contributed by atoms with Crippen molar-refractivity contribution in [2.24, 2.45) is 0 Å². The van der Waals surface area contributed by atoms with Crippen LogP contribution in [-0.4, -0.2) is 32.7 Å². The number of hydrogen-bond acceptors (Lipinski definition) is 5. The molecule has 147 heavy (non-hydrogen) atoms. The van der Waals surface area contributed by atoms with E-state index in [0.717, 1.165) is 84.2 Å². The predicted octanol–water partition coefficient (Wildman–Crippen LogP) is 36.7. The van der Waals surface area contributed by atoms with Crippen LogP contribution in [0.1, 0.15) is 25.0 Å². The Balaban J connectivity index is 0.000000107. The number of fused-ring (bicyclic) bond motifs is 30. The standard InChI is InChI=1S/C52H37N3.C43H27N3.C43H29N3/c1-52(2)47-17-9-8-15-42(47)43-30-28-40(33-48(43)52)55(38-12-4-3-5-13-38)39-26-23-35(24-27-39)34-19-21-36(22-20-34)37-25-29-45-46(32-37)41-14-6-7-16-44(41)50-51(45)54-31-11-10-18-49(54)53-50;1-2-12-36-33(9-1)38-27-31(22-25-37(38)43-42(36)44-41-15-7-8-26-45(41)43)30-18-16-28(17-19-30)29-20-23-32(24-21-29)46-39-13-5-3-10-34(39)35-11-4-6-14-40(35)46;1-3-11-34(12-4-1)46(35-13-5-2-6-14-35)36-25-22-31(23-26-36)30-18-20-32(21-19-30)33-24-27-39-40(29-33)37-15-7-8-16-38(37)42-43(39)45-28-10-9-17-41(45)44-42/h3-33H,1-2H3;1-27H;1-29H. The first-order valence-electron chi connectivity index (χ1n) is 50.4. The average molecular weight is 1880 g/mol. The molecule has 1 aliphatic rings. The van der Waals surface area contributed by atoms with E-state index in [1.807, 2.05) is 12.1 Å². The summed E-state index contributed by atoms with van der Waals surface area (Å²) in [6.07, 6.45) is 6.34. The summed E-state index contributed by atoms with van der Waals surface area (Å²) in [6.45, 7) is 4.69. The normalized spacial score (nSPS) is 12.2. The van der Waals surface area contributed by atoms with E-state index < -0.39 is 0 Å². The lowest BCUT2D eigenvalue weighted by atomic mass is 9.82. The first kappa shape index (κ1) is 85.6. The lowest BCUT2D eigenvalue weighted by molar-refractivity contribution is 0.660. The van der Waals surface area contributed by atoms with Crippen LogP contribution in [0, 0.1) is 0 Å². The van der Waals surface area contributed by atoms with Gasteiger partial charge in [-0.1, -0.05) is 372 Å². The Bertz CT molecular complexity index is 10100. The minimum atomic E-state index is -0.0670. The third kappa shape index (κ3) is 14.6. The Morgan fingerprint density at radius 1 is 0.184 bits per heavy atom. The molecule has 0 radical (unpaired) electrons. The lowest BCUT2D eigenvalue weighted by Gasteiger charge is -2.28. The number of rotatable bonds is 13. The average Bonchev–Trinajstić information content (AvgIpc) is 1.54. The maximum atomic E-state index is 5.04. The number of imidazole rings is 3. The zero-order valence-electron chi connectivity index (χ0n) is 80.8. The number of para-hydroxylation sites is 5. The van der Waals surface area contributed by atoms with Gasteiger partial charge in [0.25, 0.3) is 0 Å². The van der Waals surface area contributed by atoms with Gasteiger partial charge in [-0.25, -0.2) is 15.0 Å². The first-order chi connectivity index (χ1) is 72.7. The Morgan fingerprint density at radius 2 is 0.449 bits per heavy atom. The number of anilines is 6. The summed E-state index contributed by atoms with van der Waals surface area (Å²) in [5.41, 5.74) is 39.7. The van der Waals surface area contributed by atoms with Gasteiger partial charge in [-0.2, -0.15) is 0 Å².